The third kappa shape index (κ3) is 3.15. The summed E-state index contributed by atoms with van der Waals surface area (Å²) in [6.07, 6.45) is 10.2. The highest BCUT2D eigenvalue weighted by atomic mass is 16.2. The van der Waals surface area contributed by atoms with Crippen molar-refractivity contribution in [2.75, 3.05) is 13.1 Å². The highest BCUT2D eigenvalue weighted by Crippen LogP contribution is 2.40. The highest BCUT2D eigenvalue weighted by Gasteiger charge is 2.49. The van der Waals surface area contributed by atoms with Crippen molar-refractivity contribution in [3.05, 3.63) is 0 Å². The Balaban J connectivity index is 1.47. The van der Waals surface area contributed by atoms with E-state index in [1.807, 2.05) is 4.90 Å². The largest absolute Gasteiger partial charge is 0.353 e. The van der Waals surface area contributed by atoms with Gasteiger partial charge in [0.25, 0.3) is 0 Å². The smallest absolute Gasteiger partial charge is 0.226 e. The average Bonchev–Trinajstić information content (AvgIpc) is 3.17. The number of nitrogens with one attached hydrogen (secondary N) is 1. The molecule has 1 N–H and O–H groups in total. The van der Waals surface area contributed by atoms with E-state index < -0.39 is 0 Å². The molecule has 0 bridgehead atoms. The molecular formula is C16H26N2O2. The Labute approximate surface area is 121 Å². The first kappa shape index (κ1) is 13.9. The molecule has 3 rings (SSSR count). The first-order valence-electron chi connectivity index (χ1n) is 8.35. The molecular weight excluding hydrogens is 252 g/mol. The second-order valence-corrected chi connectivity index (χ2v) is 6.68. The Kier molecular flexibility index (Phi) is 4.27. The summed E-state index contributed by atoms with van der Waals surface area (Å²) in [5, 5.41) is 3.13. The Morgan fingerprint density at radius 1 is 0.850 bits per heavy atom. The maximum absolute atomic E-state index is 12.4. The molecule has 3 fully saturated rings. The van der Waals surface area contributed by atoms with E-state index in [9.17, 15) is 9.59 Å². The summed E-state index contributed by atoms with van der Waals surface area (Å²) in [7, 11) is 0. The van der Waals surface area contributed by atoms with E-state index in [4.69, 9.17) is 0 Å². The highest BCUT2D eigenvalue weighted by molar-refractivity contribution is 5.92. The normalized spacial score (nSPS) is 30.9. The van der Waals surface area contributed by atoms with Gasteiger partial charge < -0.3 is 10.2 Å². The van der Waals surface area contributed by atoms with Crippen molar-refractivity contribution in [1.29, 1.82) is 0 Å². The number of hydrogen-bond acceptors (Lipinski definition) is 2. The van der Waals surface area contributed by atoms with Crippen LogP contribution in [0.2, 0.25) is 0 Å². The third-order valence-corrected chi connectivity index (χ3v) is 5.06. The van der Waals surface area contributed by atoms with Gasteiger partial charge in [0.15, 0.2) is 0 Å². The molecule has 0 aromatic rings. The molecule has 4 heteroatoms. The van der Waals surface area contributed by atoms with E-state index in [0.717, 1.165) is 45.2 Å². The first-order chi connectivity index (χ1) is 9.75. The summed E-state index contributed by atoms with van der Waals surface area (Å²) in [5.41, 5.74) is 0. The van der Waals surface area contributed by atoms with E-state index >= 15 is 0 Å². The number of likely N-dealkylation sites (tertiary alicyclic amines) is 1. The van der Waals surface area contributed by atoms with Crippen LogP contribution < -0.4 is 5.32 Å². The molecule has 2 atom stereocenters. The number of nitrogens with zero attached hydrogens (tertiary/aromatic N) is 1. The van der Waals surface area contributed by atoms with Crippen molar-refractivity contribution in [3.63, 3.8) is 0 Å². The summed E-state index contributed by atoms with van der Waals surface area (Å²) in [6.45, 7) is 1.79. The lowest BCUT2D eigenvalue weighted by atomic mass is 10.2. The lowest BCUT2D eigenvalue weighted by Gasteiger charge is -2.20. The van der Waals surface area contributed by atoms with Gasteiger partial charge in [-0.05, 0) is 32.1 Å². The van der Waals surface area contributed by atoms with Gasteiger partial charge in [-0.3, -0.25) is 9.59 Å². The van der Waals surface area contributed by atoms with Gasteiger partial charge in [-0.2, -0.15) is 0 Å². The lowest BCUT2D eigenvalue weighted by molar-refractivity contribution is -0.134. The molecule has 2 saturated carbocycles. The van der Waals surface area contributed by atoms with Crippen LogP contribution in [0.4, 0.5) is 0 Å². The van der Waals surface area contributed by atoms with Crippen molar-refractivity contribution in [2.45, 2.75) is 63.8 Å². The van der Waals surface area contributed by atoms with Crippen LogP contribution in [0.25, 0.3) is 0 Å². The van der Waals surface area contributed by atoms with Crippen LogP contribution in [-0.4, -0.2) is 35.8 Å². The minimum Gasteiger partial charge on any atom is -0.353 e. The van der Waals surface area contributed by atoms with Crippen LogP contribution in [-0.2, 0) is 9.59 Å². The predicted octanol–water partition coefficient (Wildman–Crippen LogP) is 2.08. The summed E-state index contributed by atoms with van der Waals surface area (Å²) >= 11 is 0. The standard InChI is InChI=1S/C16H26N2O2/c19-15(17-12-7-3-4-8-12)13-11-14(13)16(20)18-9-5-1-2-6-10-18/h12-14H,1-11H2,(H,17,19). The monoisotopic (exact) mass is 278 g/mol. The first-order valence-corrected chi connectivity index (χ1v) is 8.35. The molecule has 1 aliphatic heterocycles. The Morgan fingerprint density at radius 3 is 2.15 bits per heavy atom. The Hall–Kier alpha value is -1.06. The zero-order valence-corrected chi connectivity index (χ0v) is 12.3. The van der Waals surface area contributed by atoms with Crippen molar-refractivity contribution in [2.24, 2.45) is 11.8 Å². The predicted molar refractivity (Wildman–Crippen MR) is 77.0 cm³/mol. The van der Waals surface area contributed by atoms with Crippen LogP contribution in [0.15, 0.2) is 0 Å². The van der Waals surface area contributed by atoms with Crippen molar-refractivity contribution in [1.82, 2.24) is 10.2 Å². The number of rotatable bonds is 3. The fraction of sp³-hybridized carbons (Fsp3) is 0.875. The molecule has 0 aromatic carbocycles. The van der Waals surface area contributed by atoms with E-state index in [1.165, 1.54) is 25.7 Å². The molecule has 20 heavy (non-hydrogen) atoms. The van der Waals surface area contributed by atoms with Crippen LogP contribution in [0.3, 0.4) is 0 Å². The fourth-order valence-corrected chi connectivity index (χ4v) is 3.66. The molecule has 1 heterocycles. The summed E-state index contributed by atoms with van der Waals surface area (Å²) < 4.78 is 0. The molecule has 112 valence electrons. The lowest BCUT2D eigenvalue weighted by Crippen LogP contribution is -2.37. The maximum Gasteiger partial charge on any atom is 0.226 e. The fourth-order valence-electron chi connectivity index (χ4n) is 3.66. The van der Waals surface area contributed by atoms with E-state index in [0.29, 0.717) is 6.04 Å². The van der Waals surface area contributed by atoms with Gasteiger partial charge in [0, 0.05) is 19.1 Å². The van der Waals surface area contributed by atoms with Gasteiger partial charge in [-0.25, -0.2) is 0 Å². The van der Waals surface area contributed by atoms with Gasteiger partial charge in [0.05, 0.1) is 11.8 Å². The number of amides is 2. The third-order valence-electron chi connectivity index (χ3n) is 5.06. The van der Waals surface area contributed by atoms with Gasteiger partial charge in [-0.15, -0.1) is 0 Å². The molecule has 2 amide bonds. The zero-order chi connectivity index (χ0) is 13.9. The van der Waals surface area contributed by atoms with Crippen molar-refractivity contribution < 1.29 is 9.59 Å². The second kappa shape index (κ2) is 6.15. The number of carbonyl (C=O) groups excluding carboxylic acids is 2. The summed E-state index contributed by atoms with van der Waals surface area (Å²) in [5.74, 6) is 0.310. The zero-order valence-electron chi connectivity index (χ0n) is 12.3. The second-order valence-electron chi connectivity index (χ2n) is 6.68. The molecule has 2 aliphatic carbocycles. The molecule has 0 radical (unpaired) electrons. The molecule has 3 aliphatic rings. The van der Waals surface area contributed by atoms with Crippen molar-refractivity contribution >= 4 is 11.8 Å². The molecule has 4 nitrogen and oxygen atoms in total. The Morgan fingerprint density at radius 2 is 1.50 bits per heavy atom. The number of carbonyl (C=O) groups is 2. The quantitative estimate of drug-likeness (QED) is 0.859. The molecule has 2 unspecified atom stereocenters. The summed E-state index contributed by atoms with van der Waals surface area (Å²) in [6, 6.07) is 0.372. The molecule has 1 saturated heterocycles. The van der Waals surface area contributed by atoms with Crippen molar-refractivity contribution in [3.8, 4) is 0 Å². The van der Waals surface area contributed by atoms with E-state index in [2.05, 4.69) is 5.32 Å². The SMILES string of the molecule is O=C(NC1CCCC1)C1CC1C(=O)N1CCCCCC1. The Bertz CT molecular complexity index is 369. The van der Waals surface area contributed by atoms with Crippen LogP contribution in [0, 0.1) is 11.8 Å². The van der Waals surface area contributed by atoms with Gasteiger partial charge in [0.2, 0.25) is 11.8 Å². The minimum atomic E-state index is -0.0358. The maximum atomic E-state index is 12.4. The van der Waals surface area contributed by atoms with E-state index in [1.54, 1.807) is 0 Å². The molecule has 0 spiro atoms. The van der Waals surface area contributed by atoms with Crippen LogP contribution >= 0.6 is 0 Å². The number of hydrogen-bond donors (Lipinski definition) is 1. The average molecular weight is 278 g/mol. The van der Waals surface area contributed by atoms with Gasteiger partial charge in [-0.1, -0.05) is 25.7 Å². The van der Waals surface area contributed by atoms with Gasteiger partial charge >= 0.3 is 0 Å². The van der Waals surface area contributed by atoms with Crippen LogP contribution in [0.5, 0.6) is 0 Å². The minimum absolute atomic E-state index is 0.0190. The van der Waals surface area contributed by atoms with Crippen LogP contribution in [0.1, 0.15) is 57.8 Å². The molecule has 0 aromatic heterocycles. The van der Waals surface area contributed by atoms with E-state index in [-0.39, 0.29) is 23.7 Å². The topological polar surface area (TPSA) is 49.4 Å². The van der Waals surface area contributed by atoms with Gasteiger partial charge in [0.1, 0.15) is 0 Å². The summed E-state index contributed by atoms with van der Waals surface area (Å²) in [4.78, 5) is 26.6.